The lowest BCUT2D eigenvalue weighted by molar-refractivity contribution is 0.435. The van der Waals surface area contributed by atoms with E-state index in [0.717, 1.165) is 62.1 Å². The Balaban J connectivity index is 2.23. The molecule has 0 spiro atoms. The number of imidazole rings is 1. The van der Waals surface area contributed by atoms with Gasteiger partial charge in [0.05, 0.1) is 11.0 Å². The van der Waals surface area contributed by atoms with E-state index in [4.69, 9.17) is 5.73 Å². The van der Waals surface area contributed by atoms with Gasteiger partial charge in [0.15, 0.2) is 0 Å². The van der Waals surface area contributed by atoms with E-state index in [1.807, 2.05) is 6.07 Å². The van der Waals surface area contributed by atoms with Gasteiger partial charge in [0.25, 0.3) is 0 Å². The molecule has 116 valence electrons. The van der Waals surface area contributed by atoms with Crippen LogP contribution in [0, 0.1) is 11.7 Å². The zero-order chi connectivity index (χ0) is 15.2. The van der Waals surface area contributed by atoms with Gasteiger partial charge in [-0.3, -0.25) is 0 Å². The van der Waals surface area contributed by atoms with Crippen molar-refractivity contribution in [1.82, 2.24) is 9.55 Å². The first-order valence-electron chi connectivity index (χ1n) is 8.04. The van der Waals surface area contributed by atoms with Crippen LogP contribution >= 0.6 is 0 Å². The van der Waals surface area contributed by atoms with E-state index >= 15 is 0 Å². The molecule has 0 aliphatic heterocycles. The first kappa shape index (κ1) is 16.0. The lowest BCUT2D eigenvalue weighted by Crippen LogP contribution is -2.11. The summed E-state index contributed by atoms with van der Waals surface area (Å²) in [6, 6.07) is 4.89. The fourth-order valence-corrected chi connectivity index (χ4v) is 2.94. The van der Waals surface area contributed by atoms with Gasteiger partial charge in [-0.05, 0) is 43.9 Å². The standard InChI is InChI=1S/C17H26FN3/c1-3-11-21-16-7-6-14(18)12-15(16)20-17(21)8-5-13(4-2)9-10-19/h6-7,12-13H,3-5,8-11,19H2,1-2H3. The molecule has 1 unspecified atom stereocenters. The Bertz CT molecular complexity index is 577. The highest BCUT2D eigenvalue weighted by atomic mass is 19.1. The van der Waals surface area contributed by atoms with Gasteiger partial charge in [-0.15, -0.1) is 0 Å². The average molecular weight is 291 g/mol. The quantitative estimate of drug-likeness (QED) is 0.801. The number of aryl methyl sites for hydroxylation is 2. The molecule has 1 heterocycles. The third-order valence-corrected chi connectivity index (χ3v) is 4.17. The summed E-state index contributed by atoms with van der Waals surface area (Å²) in [5, 5.41) is 0. The molecule has 21 heavy (non-hydrogen) atoms. The highest BCUT2D eigenvalue weighted by molar-refractivity contribution is 5.76. The molecule has 0 saturated heterocycles. The van der Waals surface area contributed by atoms with E-state index in [1.165, 1.54) is 12.1 Å². The maximum atomic E-state index is 13.4. The van der Waals surface area contributed by atoms with Gasteiger partial charge in [-0.2, -0.15) is 0 Å². The zero-order valence-electron chi connectivity index (χ0n) is 13.1. The number of hydrogen-bond donors (Lipinski definition) is 1. The Morgan fingerprint density at radius 3 is 2.76 bits per heavy atom. The summed E-state index contributed by atoms with van der Waals surface area (Å²) in [5.74, 6) is 1.51. The van der Waals surface area contributed by atoms with Crippen molar-refractivity contribution in [2.24, 2.45) is 11.7 Å². The number of rotatable bonds is 8. The van der Waals surface area contributed by atoms with E-state index < -0.39 is 0 Å². The third kappa shape index (κ3) is 3.82. The van der Waals surface area contributed by atoms with Gasteiger partial charge in [-0.25, -0.2) is 9.37 Å². The molecule has 0 fully saturated rings. The van der Waals surface area contributed by atoms with Crippen LogP contribution in [0.15, 0.2) is 18.2 Å². The fourth-order valence-electron chi connectivity index (χ4n) is 2.94. The van der Waals surface area contributed by atoms with E-state index in [0.29, 0.717) is 5.92 Å². The second kappa shape index (κ2) is 7.55. The van der Waals surface area contributed by atoms with Crippen LogP contribution in [0.1, 0.15) is 45.4 Å². The van der Waals surface area contributed by atoms with Crippen molar-refractivity contribution in [3.63, 3.8) is 0 Å². The number of benzene rings is 1. The number of halogens is 1. The maximum absolute atomic E-state index is 13.4. The number of aromatic nitrogens is 2. The summed E-state index contributed by atoms with van der Waals surface area (Å²) in [4.78, 5) is 4.65. The SMILES string of the molecule is CCCn1c(CCC(CC)CCN)nc2cc(F)ccc21. The van der Waals surface area contributed by atoms with Crippen molar-refractivity contribution in [3.05, 3.63) is 29.8 Å². The lowest BCUT2D eigenvalue weighted by Gasteiger charge is -2.14. The minimum absolute atomic E-state index is 0.218. The smallest absolute Gasteiger partial charge is 0.125 e. The molecular weight excluding hydrogens is 265 g/mol. The highest BCUT2D eigenvalue weighted by Gasteiger charge is 2.13. The Kier molecular flexibility index (Phi) is 5.74. The van der Waals surface area contributed by atoms with E-state index in [9.17, 15) is 4.39 Å². The molecule has 1 aromatic carbocycles. The molecule has 2 rings (SSSR count). The zero-order valence-corrected chi connectivity index (χ0v) is 13.1. The van der Waals surface area contributed by atoms with Gasteiger partial charge in [0, 0.05) is 19.0 Å². The van der Waals surface area contributed by atoms with Crippen molar-refractivity contribution < 1.29 is 4.39 Å². The van der Waals surface area contributed by atoms with Gasteiger partial charge in [-0.1, -0.05) is 20.3 Å². The Hall–Kier alpha value is -1.42. The van der Waals surface area contributed by atoms with E-state index in [1.54, 1.807) is 0 Å². The summed E-state index contributed by atoms with van der Waals surface area (Å²) >= 11 is 0. The molecule has 3 nitrogen and oxygen atoms in total. The second-order valence-electron chi connectivity index (χ2n) is 5.70. The van der Waals surface area contributed by atoms with Crippen LogP contribution in [0.25, 0.3) is 11.0 Å². The number of nitrogens with zero attached hydrogens (tertiary/aromatic N) is 2. The van der Waals surface area contributed by atoms with Gasteiger partial charge >= 0.3 is 0 Å². The molecule has 2 N–H and O–H groups in total. The van der Waals surface area contributed by atoms with Gasteiger partial charge in [0.2, 0.25) is 0 Å². The summed E-state index contributed by atoms with van der Waals surface area (Å²) in [6.07, 6.45) is 5.31. The molecular formula is C17H26FN3. The van der Waals surface area contributed by atoms with Crippen molar-refractivity contribution in [3.8, 4) is 0 Å². The van der Waals surface area contributed by atoms with Crippen LogP contribution in [0.3, 0.4) is 0 Å². The largest absolute Gasteiger partial charge is 0.330 e. The molecule has 4 heteroatoms. The number of nitrogens with two attached hydrogens (primary N) is 1. The Labute approximate surface area is 126 Å². The number of fused-ring (bicyclic) bond motifs is 1. The summed E-state index contributed by atoms with van der Waals surface area (Å²) in [6.45, 7) is 6.05. The second-order valence-corrected chi connectivity index (χ2v) is 5.70. The molecule has 1 aromatic heterocycles. The molecule has 0 bridgehead atoms. The first-order chi connectivity index (χ1) is 10.2. The predicted molar refractivity (Wildman–Crippen MR) is 85.8 cm³/mol. The van der Waals surface area contributed by atoms with Crippen LogP contribution in [-0.2, 0) is 13.0 Å². The molecule has 0 radical (unpaired) electrons. The highest BCUT2D eigenvalue weighted by Crippen LogP contribution is 2.21. The fraction of sp³-hybridized carbons (Fsp3) is 0.588. The minimum atomic E-state index is -0.218. The van der Waals surface area contributed by atoms with Crippen molar-refractivity contribution in [1.29, 1.82) is 0 Å². The summed E-state index contributed by atoms with van der Waals surface area (Å²) in [7, 11) is 0. The van der Waals surface area contributed by atoms with Crippen LogP contribution in [0.5, 0.6) is 0 Å². The lowest BCUT2D eigenvalue weighted by atomic mass is 9.96. The van der Waals surface area contributed by atoms with Gasteiger partial charge < -0.3 is 10.3 Å². The summed E-state index contributed by atoms with van der Waals surface area (Å²) in [5.41, 5.74) is 7.48. The van der Waals surface area contributed by atoms with Crippen molar-refractivity contribution in [2.75, 3.05) is 6.54 Å². The molecule has 0 aliphatic carbocycles. The van der Waals surface area contributed by atoms with Crippen LogP contribution in [0.4, 0.5) is 4.39 Å². The predicted octanol–water partition coefficient (Wildman–Crippen LogP) is 3.89. The van der Waals surface area contributed by atoms with Gasteiger partial charge in [0.1, 0.15) is 11.6 Å². The van der Waals surface area contributed by atoms with E-state index in [-0.39, 0.29) is 5.82 Å². The molecule has 1 atom stereocenters. The molecule has 0 aliphatic rings. The Morgan fingerprint density at radius 1 is 1.29 bits per heavy atom. The van der Waals surface area contributed by atoms with Crippen molar-refractivity contribution in [2.45, 2.75) is 52.5 Å². The van der Waals surface area contributed by atoms with Crippen LogP contribution in [-0.4, -0.2) is 16.1 Å². The molecule has 2 aromatic rings. The van der Waals surface area contributed by atoms with E-state index in [2.05, 4.69) is 23.4 Å². The van der Waals surface area contributed by atoms with Crippen LogP contribution < -0.4 is 5.73 Å². The van der Waals surface area contributed by atoms with Crippen molar-refractivity contribution >= 4 is 11.0 Å². The molecule has 0 amide bonds. The Morgan fingerprint density at radius 2 is 2.10 bits per heavy atom. The average Bonchev–Trinajstić information content (AvgIpc) is 2.81. The third-order valence-electron chi connectivity index (χ3n) is 4.17. The number of hydrogen-bond acceptors (Lipinski definition) is 2. The first-order valence-corrected chi connectivity index (χ1v) is 8.04. The normalized spacial score (nSPS) is 13.0. The monoisotopic (exact) mass is 291 g/mol. The minimum Gasteiger partial charge on any atom is -0.330 e. The maximum Gasteiger partial charge on any atom is 0.125 e. The molecule has 0 saturated carbocycles. The summed E-state index contributed by atoms with van der Waals surface area (Å²) < 4.78 is 15.6. The topological polar surface area (TPSA) is 43.8 Å². The van der Waals surface area contributed by atoms with Crippen LogP contribution in [0.2, 0.25) is 0 Å².